The SMILES string of the molecule is COc1c(C)cc(CNC2(c3cccc(Br)c3)CCOCC2)cc1C. The first-order valence-corrected chi connectivity index (χ1v) is 9.56. The molecule has 0 atom stereocenters. The van der Waals surface area contributed by atoms with E-state index >= 15 is 0 Å². The predicted molar refractivity (Wildman–Crippen MR) is 105 cm³/mol. The minimum atomic E-state index is -0.0379. The van der Waals surface area contributed by atoms with E-state index in [1.165, 1.54) is 22.3 Å². The molecule has 3 rings (SSSR count). The molecule has 0 aliphatic carbocycles. The summed E-state index contributed by atoms with van der Waals surface area (Å²) >= 11 is 3.61. The Bertz CT molecular complexity index is 715. The van der Waals surface area contributed by atoms with E-state index in [4.69, 9.17) is 9.47 Å². The fraction of sp³-hybridized carbons (Fsp3) is 0.429. The summed E-state index contributed by atoms with van der Waals surface area (Å²) in [7, 11) is 1.73. The molecule has 4 heteroatoms. The number of rotatable bonds is 5. The molecule has 134 valence electrons. The lowest BCUT2D eigenvalue weighted by atomic mass is 9.82. The summed E-state index contributed by atoms with van der Waals surface area (Å²) in [4.78, 5) is 0. The van der Waals surface area contributed by atoms with Crippen molar-refractivity contribution >= 4 is 15.9 Å². The minimum Gasteiger partial charge on any atom is -0.496 e. The summed E-state index contributed by atoms with van der Waals surface area (Å²) in [5, 5.41) is 3.85. The maximum Gasteiger partial charge on any atom is 0.124 e. The van der Waals surface area contributed by atoms with Gasteiger partial charge in [0.05, 0.1) is 7.11 Å². The maximum absolute atomic E-state index is 5.63. The molecule has 1 N–H and O–H groups in total. The summed E-state index contributed by atoms with van der Waals surface area (Å²) < 4.78 is 12.2. The lowest BCUT2D eigenvalue weighted by Crippen LogP contribution is -2.46. The predicted octanol–water partition coefficient (Wildman–Crippen LogP) is 4.87. The van der Waals surface area contributed by atoms with Gasteiger partial charge < -0.3 is 14.8 Å². The molecule has 0 spiro atoms. The van der Waals surface area contributed by atoms with Crippen LogP contribution < -0.4 is 10.1 Å². The van der Waals surface area contributed by atoms with Crippen LogP contribution in [-0.2, 0) is 16.8 Å². The lowest BCUT2D eigenvalue weighted by molar-refractivity contribution is 0.0357. The zero-order chi connectivity index (χ0) is 17.9. The maximum atomic E-state index is 5.63. The molecule has 1 aliphatic heterocycles. The number of halogens is 1. The lowest BCUT2D eigenvalue weighted by Gasteiger charge is -2.39. The standard InChI is InChI=1S/C21H26BrNO2/c1-15-11-17(12-16(2)20(15)24-3)14-23-21(7-9-25-10-8-21)18-5-4-6-19(22)13-18/h4-6,11-13,23H,7-10,14H2,1-3H3. The quantitative estimate of drug-likeness (QED) is 0.771. The van der Waals surface area contributed by atoms with E-state index in [1.807, 2.05) is 0 Å². The van der Waals surface area contributed by atoms with E-state index < -0.39 is 0 Å². The Morgan fingerprint density at radius 1 is 1.12 bits per heavy atom. The van der Waals surface area contributed by atoms with Gasteiger partial charge in [-0.05, 0) is 61.1 Å². The van der Waals surface area contributed by atoms with Gasteiger partial charge in [0.2, 0.25) is 0 Å². The Morgan fingerprint density at radius 2 is 1.80 bits per heavy atom. The highest BCUT2D eigenvalue weighted by Gasteiger charge is 2.34. The summed E-state index contributed by atoms with van der Waals surface area (Å²) in [5.74, 6) is 0.983. The molecule has 0 bridgehead atoms. The van der Waals surface area contributed by atoms with Gasteiger partial charge in [-0.2, -0.15) is 0 Å². The van der Waals surface area contributed by atoms with Crippen molar-refractivity contribution in [2.75, 3.05) is 20.3 Å². The highest BCUT2D eigenvalue weighted by atomic mass is 79.9. The summed E-state index contributed by atoms with van der Waals surface area (Å²) in [6.07, 6.45) is 1.97. The fourth-order valence-corrected chi connectivity index (χ4v) is 4.21. The molecule has 1 heterocycles. The number of nitrogens with one attached hydrogen (secondary N) is 1. The van der Waals surface area contributed by atoms with Crippen molar-refractivity contribution in [3.8, 4) is 5.75 Å². The number of hydrogen-bond acceptors (Lipinski definition) is 3. The second kappa shape index (κ2) is 7.90. The van der Waals surface area contributed by atoms with Gasteiger partial charge in [-0.25, -0.2) is 0 Å². The van der Waals surface area contributed by atoms with Crippen LogP contribution in [0.25, 0.3) is 0 Å². The fourth-order valence-electron chi connectivity index (χ4n) is 3.81. The molecule has 0 saturated carbocycles. The first-order valence-electron chi connectivity index (χ1n) is 8.77. The molecule has 0 aromatic heterocycles. The van der Waals surface area contributed by atoms with Gasteiger partial charge in [0.25, 0.3) is 0 Å². The molecule has 1 saturated heterocycles. The number of ether oxygens (including phenoxy) is 2. The molecule has 2 aromatic carbocycles. The molecule has 3 nitrogen and oxygen atoms in total. The van der Waals surface area contributed by atoms with Crippen molar-refractivity contribution in [3.05, 3.63) is 63.1 Å². The number of benzene rings is 2. The molecule has 0 radical (unpaired) electrons. The van der Waals surface area contributed by atoms with Crippen LogP contribution in [0, 0.1) is 13.8 Å². The topological polar surface area (TPSA) is 30.5 Å². The number of hydrogen-bond donors (Lipinski definition) is 1. The number of methoxy groups -OCH3 is 1. The van der Waals surface area contributed by atoms with Gasteiger partial charge in [0, 0.05) is 29.8 Å². The Kier molecular flexibility index (Phi) is 5.82. The van der Waals surface area contributed by atoms with Crippen LogP contribution in [0.4, 0.5) is 0 Å². The van der Waals surface area contributed by atoms with E-state index in [0.717, 1.165) is 42.8 Å². The highest BCUT2D eigenvalue weighted by Crippen LogP contribution is 2.34. The van der Waals surface area contributed by atoms with Gasteiger partial charge >= 0.3 is 0 Å². The molecule has 0 unspecified atom stereocenters. The van der Waals surface area contributed by atoms with E-state index in [2.05, 4.69) is 71.5 Å². The van der Waals surface area contributed by atoms with Crippen molar-refractivity contribution in [1.82, 2.24) is 5.32 Å². The van der Waals surface area contributed by atoms with E-state index in [9.17, 15) is 0 Å². The molecule has 1 aliphatic rings. The number of aryl methyl sites for hydroxylation is 2. The first kappa shape index (κ1) is 18.4. The van der Waals surface area contributed by atoms with Gasteiger partial charge in [-0.1, -0.05) is 40.2 Å². The third-order valence-electron chi connectivity index (χ3n) is 5.08. The molecule has 25 heavy (non-hydrogen) atoms. The van der Waals surface area contributed by atoms with Gasteiger partial charge in [-0.15, -0.1) is 0 Å². The van der Waals surface area contributed by atoms with Crippen molar-refractivity contribution < 1.29 is 9.47 Å². The van der Waals surface area contributed by atoms with Gasteiger partial charge in [0.1, 0.15) is 5.75 Å². The van der Waals surface area contributed by atoms with E-state index in [-0.39, 0.29) is 5.54 Å². The van der Waals surface area contributed by atoms with Crippen LogP contribution >= 0.6 is 15.9 Å². The van der Waals surface area contributed by atoms with Crippen LogP contribution in [-0.4, -0.2) is 20.3 Å². The third kappa shape index (κ3) is 4.08. The molecule has 0 amide bonds. The largest absolute Gasteiger partial charge is 0.496 e. The van der Waals surface area contributed by atoms with Gasteiger partial charge in [0.15, 0.2) is 0 Å². The van der Waals surface area contributed by atoms with Crippen molar-refractivity contribution in [2.45, 2.75) is 38.8 Å². The minimum absolute atomic E-state index is 0.0379. The average molecular weight is 404 g/mol. The Morgan fingerprint density at radius 3 is 2.40 bits per heavy atom. The zero-order valence-electron chi connectivity index (χ0n) is 15.2. The second-order valence-electron chi connectivity index (χ2n) is 6.82. The first-order chi connectivity index (χ1) is 12.0. The van der Waals surface area contributed by atoms with Crippen molar-refractivity contribution in [2.24, 2.45) is 0 Å². The van der Waals surface area contributed by atoms with Gasteiger partial charge in [-0.3, -0.25) is 0 Å². The van der Waals surface area contributed by atoms with Crippen LogP contribution in [0.1, 0.15) is 35.1 Å². The Balaban J connectivity index is 1.85. The van der Waals surface area contributed by atoms with Crippen LogP contribution in [0.2, 0.25) is 0 Å². The van der Waals surface area contributed by atoms with Crippen molar-refractivity contribution in [1.29, 1.82) is 0 Å². The van der Waals surface area contributed by atoms with Crippen LogP contribution in [0.15, 0.2) is 40.9 Å². The van der Waals surface area contributed by atoms with Crippen molar-refractivity contribution in [3.63, 3.8) is 0 Å². The monoisotopic (exact) mass is 403 g/mol. The molecular formula is C21H26BrNO2. The van der Waals surface area contributed by atoms with E-state index in [0.29, 0.717) is 0 Å². The van der Waals surface area contributed by atoms with Crippen LogP contribution in [0.5, 0.6) is 5.75 Å². The average Bonchev–Trinajstić information content (AvgIpc) is 2.61. The Labute approximate surface area is 158 Å². The molecule has 2 aromatic rings. The summed E-state index contributed by atoms with van der Waals surface area (Å²) in [6.45, 7) is 6.63. The summed E-state index contributed by atoms with van der Waals surface area (Å²) in [6, 6.07) is 13.1. The summed E-state index contributed by atoms with van der Waals surface area (Å²) in [5.41, 5.74) is 4.94. The zero-order valence-corrected chi connectivity index (χ0v) is 16.8. The highest BCUT2D eigenvalue weighted by molar-refractivity contribution is 9.10. The normalized spacial score (nSPS) is 16.6. The second-order valence-corrected chi connectivity index (χ2v) is 7.74. The van der Waals surface area contributed by atoms with E-state index in [1.54, 1.807) is 7.11 Å². The Hall–Kier alpha value is -1.36. The van der Waals surface area contributed by atoms with Crippen LogP contribution in [0.3, 0.4) is 0 Å². The smallest absolute Gasteiger partial charge is 0.124 e. The molecular weight excluding hydrogens is 378 g/mol. The molecule has 1 fully saturated rings. The third-order valence-corrected chi connectivity index (χ3v) is 5.57.